The summed E-state index contributed by atoms with van der Waals surface area (Å²) in [5.74, 6) is -0.789. The summed E-state index contributed by atoms with van der Waals surface area (Å²) in [4.78, 5) is 55.9. The van der Waals surface area contributed by atoms with Crippen LogP contribution < -0.4 is 9.64 Å². The second-order valence-corrected chi connectivity index (χ2v) is 16.2. The third kappa shape index (κ3) is 8.92. The van der Waals surface area contributed by atoms with E-state index in [9.17, 15) is 23.2 Å². The van der Waals surface area contributed by atoms with E-state index < -0.39 is 17.7 Å². The molecule has 12 nitrogen and oxygen atoms in total. The second kappa shape index (κ2) is 15.8. The van der Waals surface area contributed by atoms with Gasteiger partial charge in [-0.3, -0.25) is 19.4 Å². The Morgan fingerprint density at radius 3 is 2.28 bits per heavy atom. The Hall–Kier alpha value is -3.88. The summed E-state index contributed by atoms with van der Waals surface area (Å²) >= 11 is 0. The van der Waals surface area contributed by atoms with Crippen LogP contribution >= 0.6 is 0 Å². The Morgan fingerprint density at radius 2 is 1.64 bits per heavy atom. The molecule has 14 heteroatoms. The maximum atomic E-state index is 14.6. The van der Waals surface area contributed by atoms with Gasteiger partial charge in [-0.1, -0.05) is 12.1 Å². The minimum Gasteiger partial charge on any atom is -0.474 e. The Morgan fingerprint density at radius 1 is 0.943 bits per heavy atom. The van der Waals surface area contributed by atoms with E-state index in [1.807, 2.05) is 34.6 Å². The fourth-order valence-corrected chi connectivity index (χ4v) is 7.83. The third-order valence-electron chi connectivity index (χ3n) is 10.6. The first-order valence-electron chi connectivity index (χ1n) is 18.8. The lowest BCUT2D eigenvalue weighted by atomic mass is 10.0. The van der Waals surface area contributed by atoms with Gasteiger partial charge in [-0.25, -0.2) is 18.6 Å². The number of likely N-dealkylation sites (tertiary alicyclic amines) is 1. The molecule has 6 rings (SSSR count). The van der Waals surface area contributed by atoms with Gasteiger partial charge in [0.05, 0.1) is 32.3 Å². The van der Waals surface area contributed by atoms with Crippen molar-refractivity contribution in [3.8, 4) is 5.88 Å². The summed E-state index contributed by atoms with van der Waals surface area (Å²) in [6.07, 6.45) is -0.974. The first kappa shape index (κ1) is 38.8. The van der Waals surface area contributed by atoms with Crippen LogP contribution in [0.2, 0.25) is 0 Å². The highest BCUT2D eigenvalue weighted by Gasteiger charge is 2.42. The molecule has 4 aliphatic rings. The summed E-state index contributed by atoms with van der Waals surface area (Å²) in [5, 5.41) is 0. The number of halogens is 2. The van der Waals surface area contributed by atoms with Gasteiger partial charge in [0, 0.05) is 50.3 Å². The average Bonchev–Trinajstić information content (AvgIpc) is 3.53. The molecule has 0 N–H and O–H groups in total. The lowest BCUT2D eigenvalue weighted by Crippen LogP contribution is -2.65. The molecule has 0 spiro atoms. The molecule has 3 saturated heterocycles. The number of ether oxygens (including phenoxy) is 3. The van der Waals surface area contributed by atoms with Crippen LogP contribution in [-0.4, -0.2) is 144 Å². The highest BCUT2D eigenvalue weighted by molar-refractivity contribution is 5.99. The average molecular weight is 741 g/mol. The number of morpholine rings is 1. The minimum absolute atomic E-state index is 0.0150. The van der Waals surface area contributed by atoms with Crippen LogP contribution in [0.3, 0.4) is 0 Å². The number of anilines is 1. The molecule has 3 amide bonds. The van der Waals surface area contributed by atoms with E-state index in [-0.39, 0.29) is 98.7 Å². The highest BCUT2D eigenvalue weighted by atomic mass is 19.1. The van der Waals surface area contributed by atoms with Gasteiger partial charge in [0.15, 0.2) is 0 Å². The summed E-state index contributed by atoms with van der Waals surface area (Å²) in [6.45, 7) is 16.9. The minimum atomic E-state index is -1.10. The number of rotatable bonds is 7. The number of alkyl halides is 1. The molecule has 0 radical (unpaired) electrons. The topological polar surface area (TPSA) is 108 Å². The number of hydrogen-bond acceptors (Lipinski definition) is 9. The second-order valence-electron chi connectivity index (χ2n) is 16.2. The summed E-state index contributed by atoms with van der Waals surface area (Å²) in [7, 11) is 0. The Kier molecular flexibility index (Phi) is 11.6. The molecular formula is C39H54F2N6O6. The van der Waals surface area contributed by atoms with Crippen LogP contribution in [0.5, 0.6) is 5.88 Å². The zero-order chi connectivity index (χ0) is 38.2. The van der Waals surface area contributed by atoms with Crippen LogP contribution in [0.15, 0.2) is 30.3 Å². The zero-order valence-corrected chi connectivity index (χ0v) is 32.0. The van der Waals surface area contributed by atoms with Crippen LogP contribution in [0.4, 0.5) is 19.3 Å². The van der Waals surface area contributed by atoms with Crippen LogP contribution in [-0.2, 0) is 20.7 Å². The molecule has 5 heterocycles. The highest BCUT2D eigenvalue weighted by Crippen LogP contribution is 2.36. The van der Waals surface area contributed by atoms with Crippen molar-refractivity contribution in [2.24, 2.45) is 0 Å². The molecular weight excluding hydrogens is 686 g/mol. The van der Waals surface area contributed by atoms with Crippen molar-refractivity contribution >= 4 is 23.6 Å². The maximum Gasteiger partial charge on any atom is 0.410 e. The van der Waals surface area contributed by atoms with Crippen molar-refractivity contribution in [2.75, 3.05) is 64.0 Å². The van der Waals surface area contributed by atoms with E-state index in [4.69, 9.17) is 19.2 Å². The standard InChI is InChI=1S/C39H54F2N6O6/c1-24-16-44(32(18-45-25(2)21-51-22-26(45)3)19-46(24)38(50)53-39(5,6)7)20-34(48)47-27(4)23-52-36-33(47)15-29(14-28-8-10-30(40)11-9-28)35(42-36)37(49)43-13-12-31(41)17-43/h8-11,15,24-27,31-32H,12-14,16-23H2,1-7H3/t24-,25-,26-,27+,31+,32+/m1/s1. The number of amides is 3. The Balaban J connectivity index is 1.30. The van der Waals surface area contributed by atoms with E-state index >= 15 is 0 Å². The molecule has 0 aliphatic carbocycles. The summed E-state index contributed by atoms with van der Waals surface area (Å²) in [5.41, 5.74) is 1.21. The lowest BCUT2D eigenvalue weighted by molar-refractivity contribution is -0.123. The first-order valence-corrected chi connectivity index (χ1v) is 18.8. The molecule has 1 aromatic carbocycles. The normalized spacial score (nSPS) is 27.0. The molecule has 0 bridgehead atoms. The number of nitrogens with zero attached hydrogens (tertiary/aromatic N) is 6. The smallest absolute Gasteiger partial charge is 0.410 e. The Bertz CT molecular complexity index is 1650. The molecule has 290 valence electrons. The first-order chi connectivity index (χ1) is 25.1. The van der Waals surface area contributed by atoms with Crippen LogP contribution in [0.1, 0.15) is 76.5 Å². The van der Waals surface area contributed by atoms with E-state index in [2.05, 4.69) is 23.6 Å². The molecule has 1 aromatic heterocycles. The third-order valence-corrected chi connectivity index (χ3v) is 10.6. The van der Waals surface area contributed by atoms with Crippen molar-refractivity contribution in [3.63, 3.8) is 0 Å². The fourth-order valence-electron chi connectivity index (χ4n) is 7.83. The molecule has 4 aliphatic heterocycles. The Labute approximate surface area is 311 Å². The van der Waals surface area contributed by atoms with Crippen LogP contribution in [0.25, 0.3) is 0 Å². The van der Waals surface area contributed by atoms with Gasteiger partial charge >= 0.3 is 6.09 Å². The molecule has 6 atom stereocenters. The molecule has 0 unspecified atom stereocenters. The van der Waals surface area contributed by atoms with Gasteiger partial charge in [-0.15, -0.1) is 0 Å². The van der Waals surface area contributed by atoms with Gasteiger partial charge < -0.3 is 28.9 Å². The summed E-state index contributed by atoms with van der Waals surface area (Å²) in [6, 6.07) is 7.37. The monoisotopic (exact) mass is 740 g/mol. The summed E-state index contributed by atoms with van der Waals surface area (Å²) < 4.78 is 45.6. The van der Waals surface area contributed by atoms with Crippen molar-refractivity contribution in [1.82, 2.24) is 24.6 Å². The number of hydrogen-bond donors (Lipinski definition) is 0. The van der Waals surface area contributed by atoms with Gasteiger partial charge in [-0.2, -0.15) is 0 Å². The van der Waals surface area contributed by atoms with E-state index in [0.717, 1.165) is 5.56 Å². The number of pyridine rings is 1. The van der Waals surface area contributed by atoms with E-state index in [0.29, 0.717) is 44.1 Å². The van der Waals surface area contributed by atoms with Crippen molar-refractivity contribution in [1.29, 1.82) is 0 Å². The number of benzene rings is 1. The van der Waals surface area contributed by atoms with Crippen molar-refractivity contribution < 1.29 is 37.4 Å². The SMILES string of the molecule is C[C@@H]1CN(CC(=O)N2c3cc(Cc4ccc(F)cc4)c(C(=O)N4CC[C@H](F)C4)nc3OC[C@@H]2C)[C@@H](CN2[C@H](C)COC[C@H]2C)CN1C(=O)OC(C)(C)C. The van der Waals surface area contributed by atoms with Crippen molar-refractivity contribution in [2.45, 2.75) is 103 Å². The number of fused-ring (bicyclic) bond motifs is 1. The van der Waals surface area contributed by atoms with Gasteiger partial charge in [-0.05, 0) is 90.6 Å². The lowest BCUT2D eigenvalue weighted by Gasteiger charge is -2.49. The molecule has 2 aromatic rings. The van der Waals surface area contributed by atoms with Gasteiger partial charge in [0.2, 0.25) is 11.8 Å². The zero-order valence-electron chi connectivity index (χ0n) is 32.0. The molecule has 3 fully saturated rings. The number of carbonyl (C=O) groups is 3. The van der Waals surface area contributed by atoms with Gasteiger partial charge in [0.25, 0.3) is 5.91 Å². The number of aromatic nitrogens is 1. The molecule has 53 heavy (non-hydrogen) atoms. The maximum absolute atomic E-state index is 14.6. The predicted octanol–water partition coefficient (Wildman–Crippen LogP) is 4.53. The predicted molar refractivity (Wildman–Crippen MR) is 196 cm³/mol. The van der Waals surface area contributed by atoms with Crippen molar-refractivity contribution in [3.05, 3.63) is 53.0 Å². The van der Waals surface area contributed by atoms with E-state index in [1.54, 1.807) is 28.0 Å². The van der Waals surface area contributed by atoms with E-state index in [1.165, 1.54) is 17.0 Å². The largest absolute Gasteiger partial charge is 0.474 e. The quantitative estimate of drug-likeness (QED) is 0.405. The van der Waals surface area contributed by atoms with Gasteiger partial charge in [0.1, 0.15) is 35.6 Å². The van der Waals surface area contributed by atoms with Crippen LogP contribution in [0, 0.1) is 5.82 Å². The number of piperazine rings is 1. The number of carbonyl (C=O) groups excluding carboxylic acids is 3. The fraction of sp³-hybridized carbons (Fsp3) is 0.641. The molecule has 0 saturated carbocycles.